The van der Waals surface area contributed by atoms with Crippen molar-refractivity contribution in [1.29, 1.82) is 0 Å². The van der Waals surface area contributed by atoms with Gasteiger partial charge in [0.05, 0.1) is 6.61 Å². The first kappa shape index (κ1) is 13.5. The van der Waals surface area contributed by atoms with Crippen LogP contribution >= 0.6 is 11.6 Å². The van der Waals surface area contributed by atoms with Crippen LogP contribution in [-0.2, 0) is 11.3 Å². The summed E-state index contributed by atoms with van der Waals surface area (Å²) in [6.07, 6.45) is 1.50. The van der Waals surface area contributed by atoms with Crippen molar-refractivity contribution in [1.82, 2.24) is 4.98 Å². The maximum atomic E-state index is 12.0. The highest BCUT2D eigenvalue weighted by atomic mass is 35.5. The maximum absolute atomic E-state index is 12.0. The van der Waals surface area contributed by atoms with Crippen LogP contribution in [0.15, 0.2) is 42.6 Å². The van der Waals surface area contributed by atoms with E-state index in [1.807, 2.05) is 24.3 Å². The predicted octanol–water partition coefficient (Wildman–Crippen LogP) is 3.13. The fraction of sp³-hybridized carbons (Fsp3) is 0.143. The van der Waals surface area contributed by atoms with E-state index in [4.69, 9.17) is 16.3 Å². The molecule has 0 radical (unpaired) electrons. The van der Waals surface area contributed by atoms with Crippen LogP contribution in [0.3, 0.4) is 0 Å². The van der Waals surface area contributed by atoms with E-state index in [1.54, 1.807) is 13.2 Å². The molecule has 4 nitrogen and oxygen atoms in total. The number of benzene rings is 1. The first-order chi connectivity index (χ1) is 9.19. The van der Waals surface area contributed by atoms with Gasteiger partial charge in [-0.2, -0.15) is 0 Å². The van der Waals surface area contributed by atoms with Crippen LogP contribution in [-0.4, -0.2) is 18.0 Å². The third-order valence-electron chi connectivity index (χ3n) is 2.48. The average molecular weight is 277 g/mol. The van der Waals surface area contributed by atoms with Gasteiger partial charge in [0, 0.05) is 24.6 Å². The van der Waals surface area contributed by atoms with Gasteiger partial charge in [0.1, 0.15) is 5.15 Å². The number of pyridine rings is 1. The molecule has 0 fully saturated rings. The summed E-state index contributed by atoms with van der Waals surface area (Å²) in [4.78, 5) is 15.8. The third kappa shape index (κ3) is 3.77. The molecule has 0 aliphatic rings. The Balaban J connectivity index is 2.12. The number of aromatic nitrogens is 1. The lowest BCUT2D eigenvalue weighted by Crippen LogP contribution is -2.12. The maximum Gasteiger partial charge on any atom is 0.255 e. The number of amides is 1. The first-order valence-corrected chi connectivity index (χ1v) is 6.07. The molecule has 1 N–H and O–H groups in total. The van der Waals surface area contributed by atoms with Crippen LogP contribution in [0.5, 0.6) is 0 Å². The first-order valence-electron chi connectivity index (χ1n) is 5.70. The summed E-state index contributed by atoms with van der Waals surface area (Å²) in [6, 6.07) is 10.6. The molecule has 98 valence electrons. The Morgan fingerprint density at radius 3 is 2.95 bits per heavy atom. The summed E-state index contributed by atoms with van der Waals surface area (Å²) in [5, 5.41) is 3.10. The topological polar surface area (TPSA) is 51.2 Å². The molecule has 1 heterocycles. The van der Waals surface area contributed by atoms with Crippen LogP contribution in [0.2, 0.25) is 5.15 Å². The van der Waals surface area contributed by atoms with Gasteiger partial charge < -0.3 is 10.1 Å². The Labute approximate surface area is 116 Å². The van der Waals surface area contributed by atoms with E-state index < -0.39 is 0 Å². The number of halogens is 1. The highest BCUT2D eigenvalue weighted by Gasteiger charge is 2.07. The predicted molar refractivity (Wildman–Crippen MR) is 74.4 cm³/mol. The number of carbonyl (C=O) groups is 1. The number of rotatable bonds is 4. The van der Waals surface area contributed by atoms with Crippen LogP contribution in [0, 0.1) is 0 Å². The summed E-state index contributed by atoms with van der Waals surface area (Å²) < 4.78 is 5.05. The Bertz CT molecular complexity index is 587. The van der Waals surface area contributed by atoms with E-state index in [9.17, 15) is 4.79 Å². The molecule has 19 heavy (non-hydrogen) atoms. The van der Waals surface area contributed by atoms with E-state index in [1.165, 1.54) is 12.3 Å². The molecule has 2 aromatic rings. The Morgan fingerprint density at radius 2 is 2.21 bits per heavy atom. The molecule has 0 unspecified atom stereocenters. The molecule has 0 atom stereocenters. The molecule has 1 aromatic carbocycles. The number of nitrogens with zero attached hydrogens (tertiary/aromatic N) is 1. The minimum absolute atomic E-state index is 0.223. The number of anilines is 1. The number of ether oxygens (including phenoxy) is 1. The third-order valence-corrected chi connectivity index (χ3v) is 2.69. The lowest BCUT2D eigenvalue weighted by atomic mass is 10.2. The fourth-order valence-corrected chi connectivity index (χ4v) is 1.83. The minimum Gasteiger partial charge on any atom is -0.380 e. The van der Waals surface area contributed by atoms with E-state index in [-0.39, 0.29) is 5.91 Å². The number of hydrogen-bond donors (Lipinski definition) is 1. The Morgan fingerprint density at radius 1 is 1.37 bits per heavy atom. The highest BCUT2D eigenvalue weighted by molar-refractivity contribution is 6.29. The largest absolute Gasteiger partial charge is 0.380 e. The van der Waals surface area contributed by atoms with Crippen molar-refractivity contribution in [3.05, 3.63) is 58.9 Å². The van der Waals surface area contributed by atoms with Crippen molar-refractivity contribution in [2.75, 3.05) is 12.4 Å². The van der Waals surface area contributed by atoms with Gasteiger partial charge in [-0.3, -0.25) is 4.79 Å². The molecule has 0 aliphatic carbocycles. The number of hydrogen-bond acceptors (Lipinski definition) is 3. The zero-order valence-corrected chi connectivity index (χ0v) is 11.1. The summed E-state index contributed by atoms with van der Waals surface area (Å²) >= 11 is 5.75. The number of nitrogens with one attached hydrogen (secondary N) is 1. The van der Waals surface area contributed by atoms with E-state index in [0.29, 0.717) is 23.0 Å². The molecule has 5 heteroatoms. The zero-order valence-electron chi connectivity index (χ0n) is 10.4. The molecular weight excluding hydrogens is 264 g/mol. The molecule has 0 spiro atoms. The smallest absolute Gasteiger partial charge is 0.255 e. The van der Waals surface area contributed by atoms with E-state index >= 15 is 0 Å². The molecular formula is C14H13ClN2O2. The second kappa shape index (κ2) is 6.31. The fourth-order valence-electron chi connectivity index (χ4n) is 1.65. The Kier molecular flexibility index (Phi) is 4.49. The van der Waals surface area contributed by atoms with Crippen molar-refractivity contribution in [2.24, 2.45) is 0 Å². The Hall–Kier alpha value is -1.91. The molecule has 2 rings (SSSR count). The lowest BCUT2D eigenvalue weighted by molar-refractivity contribution is 0.102. The molecule has 0 saturated carbocycles. The minimum atomic E-state index is -0.223. The quantitative estimate of drug-likeness (QED) is 0.873. The van der Waals surface area contributed by atoms with Crippen LogP contribution < -0.4 is 5.32 Å². The van der Waals surface area contributed by atoms with Gasteiger partial charge in [0.15, 0.2) is 0 Å². The molecule has 0 saturated heterocycles. The van der Waals surface area contributed by atoms with Crippen molar-refractivity contribution >= 4 is 23.2 Å². The van der Waals surface area contributed by atoms with Gasteiger partial charge in [0.25, 0.3) is 5.91 Å². The SMILES string of the molecule is COCc1cccc(NC(=O)c2ccnc(Cl)c2)c1. The summed E-state index contributed by atoms with van der Waals surface area (Å²) in [7, 11) is 1.63. The van der Waals surface area contributed by atoms with Gasteiger partial charge in [-0.05, 0) is 29.8 Å². The van der Waals surface area contributed by atoms with Crippen LogP contribution in [0.4, 0.5) is 5.69 Å². The second-order valence-electron chi connectivity index (χ2n) is 3.95. The van der Waals surface area contributed by atoms with Crippen molar-refractivity contribution < 1.29 is 9.53 Å². The molecule has 1 aromatic heterocycles. The van der Waals surface area contributed by atoms with Crippen molar-refractivity contribution in [2.45, 2.75) is 6.61 Å². The highest BCUT2D eigenvalue weighted by Crippen LogP contribution is 2.14. The van der Waals surface area contributed by atoms with Gasteiger partial charge in [-0.15, -0.1) is 0 Å². The molecule has 0 bridgehead atoms. The zero-order chi connectivity index (χ0) is 13.7. The van der Waals surface area contributed by atoms with E-state index in [0.717, 1.165) is 5.56 Å². The van der Waals surface area contributed by atoms with Gasteiger partial charge >= 0.3 is 0 Å². The molecule has 0 aliphatic heterocycles. The lowest BCUT2D eigenvalue weighted by Gasteiger charge is -2.07. The summed E-state index contributed by atoms with van der Waals surface area (Å²) in [5.74, 6) is -0.223. The summed E-state index contributed by atoms with van der Waals surface area (Å²) in [5.41, 5.74) is 2.18. The van der Waals surface area contributed by atoms with Crippen LogP contribution in [0.25, 0.3) is 0 Å². The summed E-state index contributed by atoms with van der Waals surface area (Å²) in [6.45, 7) is 0.505. The molecule has 1 amide bonds. The standard InChI is InChI=1S/C14H13ClN2O2/c1-19-9-10-3-2-4-12(7-10)17-14(18)11-5-6-16-13(15)8-11/h2-8H,9H2,1H3,(H,17,18). The van der Waals surface area contributed by atoms with Gasteiger partial charge in [-0.25, -0.2) is 4.98 Å². The normalized spacial score (nSPS) is 10.2. The second-order valence-corrected chi connectivity index (χ2v) is 4.34. The van der Waals surface area contributed by atoms with Crippen LogP contribution in [0.1, 0.15) is 15.9 Å². The van der Waals surface area contributed by atoms with Crippen molar-refractivity contribution in [3.8, 4) is 0 Å². The van der Waals surface area contributed by atoms with Crippen molar-refractivity contribution in [3.63, 3.8) is 0 Å². The monoisotopic (exact) mass is 276 g/mol. The van der Waals surface area contributed by atoms with Gasteiger partial charge in [-0.1, -0.05) is 23.7 Å². The van der Waals surface area contributed by atoms with E-state index in [2.05, 4.69) is 10.3 Å². The number of carbonyl (C=O) groups excluding carboxylic acids is 1. The average Bonchev–Trinajstić information content (AvgIpc) is 2.39. The van der Waals surface area contributed by atoms with Gasteiger partial charge in [0.2, 0.25) is 0 Å². The number of methoxy groups -OCH3 is 1.